The molecule has 0 bridgehead atoms. The first kappa shape index (κ1) is 14.5. The van der Waals surface area contributed by atoms with Gasteiger partial charge in [0.05, 0.1) is 7.11 Å². The third kappa shape index (κ3) is 3.36. The number of carbonyl (C=O) groups excluding carboxylic acids is 1. The van der Waals surface area contributed by atoms with Gasteiger partial charge in [-0.15, -0.1) is 0 Å². The number of hydrogen-bond donors (Lipinski definition) is 1. The number of alkyl halides is 1. The van der Waals surface area contributed by atoms with E-state index in [9.17, 15) is 9.18 Å². The predicted molar refractivity (Wildman–Crippen MR) is 80.0 cm³/mol. The minimum Gasteiger partial charge on any atom is -0.494 e. The van der Waals surface area contributed by atoms with Crippen LogP contribution in [-0.2, 0) is 5.33 Å². The summed E-state index contributed by atoms with van der Waals surface area (Å²) in [5.74, 6) is -0.653. The quantitative estimate of drug-likeness (QED) is 0.857. The average molecular weight is 338 g/mol. The number of anilines is 1. The third-order valence-electron chi connectivity index (χ3n) is 2.78. The van der Waals surface area contributed by atoms with Crippen LogP contribution in [0.4, 0.5) is 10.1 Å². The minimum absolute atomic E-state index is 0.143. The van der Waals surface area contributed by atoms with Gasteiger partial charge in [-0.2, -0.15) is 0 Å². The van der Waals surface area contributed by atoms with Gasteiger partial charge in [-0.05, 0) is 29.8 Å². The van der Waals surface area contributed by atoms with Crippen molar-refractivity contribution in [2.24, 2.45) is 0 Å². The van der Waals surface area contributed by atoms with Gasteiger partial charge in [0.25, 0.3) is 5.91 Å². The van der Waals surface area contributed by atoms with E-state index in [4.69, 9.17) is 4.74 Å². The Morgan fingerprint density at radius 1 is 1.25 bits per heavy atom. The molecular weight excluding hydrogens is 325 g/mol. The highest BCUT2D eigenvalue weighted by molar-refractivity contribution is 9.08. The van der Waals surface area contributed by atoms with Gasteiger partial charge in [0.2, 0.25) is 0 Å². The van der Waals surface area contributed by atoms with E-state index in [1.165, 1.54) is 19.2 Å². The summed E-state index contributed by atoms with van der Waals surface area (Å²) in [6.45, 7) is 0. The molecule has 0 saturated heterocycles. The molecule has 0 radical (unpaired) electrons. The van der Waals surface area contributed by atoms with Crippen molar-refractivity contribution in [3.63, 3.8) is 0 Å². The smallest absolute Gasteiger partial charge is 0.255 e. The first-order valence-corrected chi connectivity index (χ1v) is 7.06. The van der Waals surface area contributed by atoms with Crippen molar-refractivity contribution in [1.82, 2.24) is 0 Å². The maximum absolute atomic E-state index is 13.5. The lowest BCUT2D eigenvalue weighted by Gasteiger charge is -2.07. The van der Waals surface area contributed by atoms with Crippen molar-refractivity contribution in [1.29, 1.82) is 0 Å². The highest BCUT2D eigenvalue weighted by Gasteiger charge is 2.08. The van der Waals surface area contributed by atoms with Crippen LogP contribution in [0.2, 0.25) is 0 Å². The third-order valence-corrected chi connectivity index (χ3v) is 3.43. The highest BCUT2D eigenvalue weighted by Crippen LogP contribution is 2.21. The topological polar surface area (TPSA) is 38.3 Å². The van der Waals surface area contributed by atoms with Crippen molar-refractivity contribution in [3.8, 4) is 5.75 Å². The van der Waals surface area contributed by atoms with Gasteiger partial charge < -0.3 is 10.1 Å². The van der Waals surface area contributed by atoms with E-state index >= 15 is 0 Å². The first-order valence-electron chi connectivity index (χ1n) is 5.94. The fourth-order valence-corrected chi connectivity index (χ4v) is 2.07. The zero-order valence-corrected chi connectivity index (χ0v) is 12.4. The van der Waals surface area contributed by atoms with Crippen LogP contribution in [0.25, 0.3) is 0 Å². The molecule has 2 rings (SSSR count). The Kier molecular flexibility index (Phi) is 4.74. The molecule has 0 aliphatic rings. The second-order valence-electron chi connectivity index (χ2n) is 4.13. The van der Waals surface area contributed by atoms with Crippen LogP contribution >= 0.6 is 15.9 Å². The van der Waals surface area contributed by atoms with Crippen molar-refractivity contribution < 1.29 is 13.9 Å². The summed E-state index contributed by atoms with van der Waals surface area (Å²) in [4.78, 5) is 12.0. The maximum Gasteiger partial charge on any atom is 0.255 e. The highest BCUT2D eigenvalue weighted by atomic mass is 79.9. The molecule has 0 fully saturated rings. The second kappa shape index (κ2) is 6.52. The largest absolute Gasteiger partial charge is 0.494 e. The number of nitrogens with one attached hydrogen (secondary N) is 1. The molecule has 3 nitrogen and oxygen atoms in total. The Morgan fingerprint density at radius 3 is 2.50 bits per heavy atom. The minimum atomic E-state index is -0.514. The number of carbonyl (C=O) groups is 1. The predicted octanol–water partition coefficient (Wildman–Crippen LogP) is 3.98. The molecule has 20 heavy (non-hydrogen) atoms. The molecule has 0 aromatic heterocycles. The fourth-order valence-electron chi connectivity index (χ4n) is 1.69. The maximum atomic E-state index is 13.5. The molecular formula is C15H13BrFNO2. The number of methoxy groups -OCH3 is 1. The van der Waals surface area contributed by atoms with Crippen LogP contribution in [0.15, 0.2) is 42.5 Å². The summed E-state index contributed by atoms with van der Waals surface area (Å²) in [7, 11) is 1.39. The van der Waals surface area contributed by atoms with Crippen LogP contribution in [0, 0.1) is 5.82 Å². The second-order valence-corrected chi connectivity index (χ2v) is 4.69. The van der Waals surface area contributed by atoms with Crippen LogP contribution in [0.1, 0.15) is 15.9 Å². The summed E-state index contributed by atoms with van der Waals surface area (Å²) in [5.41, 5.74) is 1.99. The molecule has 0 atom stereocenters. The number of rotatable bonds is 4. The van der Waals surface area contributed by atoms with E-state index in [-0.39, 0.29) is 11.7 Å². The van der Waals surface area contributed by atoms with Gasteiger partial charge >= 0.3 is 0 Å². The molecule has 104 valence electrons. The van der Waals surface area contributed by atoms with Crippen molar-refractivity contribution in [2.75, 3.05) is 12.4 Å². The molecule has 0 spiro atoms. The molecule has 1 N–H and O–H groups in total. The van der Waals surface area contributed by atoms with Crippen LogP contribution < -0.4 is 10.1 Å². The van der Waals surface area contributed by atoms with Crippen LogP contribution in [0.3, 0.4) is 0 Å². The van der Waals surface area contributed by atoms with E-state index in [2.05, 4.69) is 21.2 Å². The summed E-state index contributed by atoms with van der Waals surface area (Å²) in [5, 5.41) is 3.38. The molecule has 1 amide bonds. The van der Waals surface area contributed by atoms with Gasteiger partial charge in [0.15, 0.2) is 11.6 Å². The number of ether oxygens (including phenoxy) is 1. The summed E-state index contributed by atoms with van der Waals surface area (Å²) in [6.07, 6.45) is 0. The molecule has 0 saturated carbocycles. The average Bonchev–Trinajstić information content (AvgIpc) is 2.47. The summed E-state index contributed by atoms with van der Waals surface area (Å²) >= 11 is 3.34. The lowest BCUT2D eigenvalue weighted by atomic mass is 10.1. The molecule has 2 aromatic rings. The van der Waals surface area contributed by atoms with Gasteiger partial charge in [-0.1, -0.05) is 28.1 Å². The van der Waals surface area contributed by atoms with E-state index in [1.54, 1.807) is 18.2 Å². The molecule has 2 aromatic carbocycles. The molecule has 0 aliphatic carbocycles. The number of benzene rings is 2. The molecule has 5 heteroatoms. The van der Waals surface area contributed by atoms with Crippen molar-refractivity contribution in [2.45, 2.75) is 5.33 Å². The molecule has 0 aliphatic heterocycles. The van der Waals surface area contributed by atoms with Gasteiger partial charge in [-0.25, -0.2) is 4.39 Å². The fraction of sp³-hybridized carbons (Fsp3) is 0.133. The SMILES string of the molecule is COc1ccc(NC(=O)c2ccc(CBr)cc2)cc1F. The lowest BCUT2D eigenvalue weighted by molar-refractivity contribution is 0.102. The summed E-state index contributed by atoms with van der Waals surface area (Å²) < 4.78 is 18.3. The number of amides is 1. The van der Waals surface area contributed by atoms with Gasteiger partial charge in [0, 0.05) is 22.6 Å². The Bertz CT molecular complexity index is 614. The van der Waals surface area contributed by atoms with Gasteiger partial charge in [0.1, 0.15) is 0 Å². The molecule has 0 heterocycles. The van der Waals surface area contributed by atoms with Crippen molar-refractivity contribution in [3.05, 3.63) is 59.4 Å². The Balaban J connectivity index is 2.12. The zero-order valence-electron chi connectivity index (χ0n) is 10.8. The van der Waals surface area contributed by atoms with E-state index in [1.807, 2.05) is 12.1 Å². The Labute approximate surface area is 124 Å². The zero-order chi connectivity index (χ0) is 14.5. The summed E-state index contributed by atoms with van der Waals surface area (Å²) in [6, 6.07) is 11.5. The Morgan fingerprint density at radius 2 is 1.95 bits per heavy atom. The monoisotopic (exact) mass is 337 g/mol. The Hall–Kier alpha value is -1.88. The molecule has 0 unspecified atom stereocenters. The van der Waals surface area contributed by atoms with Gasteiger partial charge in [-0.3, -0.25) is 4.79 Å². The first-order chi connectivity index (χ1) is 9.63. The lowest BCUT2D eigenvalue weighted by Crippen LogP contribution is -2.12. The van der Waals surface area contributed by atoms with Crippen LogP contribution in [-0.4, -0.2) is 13.0 Å². The van der Waals surface area contributed by atoms with E-state index < -0.39 is 5.82 Å². The van der Waals surface area contributed by atoms with Crippen molar-refractivity contribution >= 4 is 27.5 Å². The standard InChI is InChI=1S/C15H13BrFNO2/c1-20-14-7-6-12(8-13(14)17)18-15(19)11-4-2-10(9-16)3-5-11/h2-8H,9H2,1H3,(H,18,19). The van der Waals surface area contributed by atoms with E-state index in [0.29, 0.717) is 11.3 Å². The van der Waals surface area contributed by atoms with E-state index in [0.717, 1.165) is 10.9 Å². The number of halogens is 2. The number of hydrogen-bond acceptors (Lipinski definition) is 2. The normalized spacial score (nSPS) is 10.2. The van der Waals surface area contributed by atoms with Crippen LogP contribution in [0.5, 0.6) is 5.75 Å².